The summed E-state index contributed by atoms with van der Waals surface area (Å²) in [4.78, 5) is 4.52. The number of nitrogens with one attached hydrogen (secondary N) is 1. The van der Waals surface area contributed by atoms with Crippen LogP contribution in [0.4, 0.5) is 0 Å². The fourth-order valence-electron chi connectivity index (χ4n) is 2.12. The van der Waals surface area contributed by atoms with E-state index in [1.165, 1.54) is 12.8 Å². The predicted octanol–water partition coefficient (Wildman–Crippen LogP) is 3.50. The first-order valence-corrected chi connectivity index (χ1v) is 7.43. The molecule has 0 fully saturated rings. The summed E-state index contributed by atoms with van der Waals surface area (Å²) in [6.45, 7) is 11.5. The van der Waals surface area contributed by atoms with E-state index < -0.39 is 0 Å². The molecule has 3 heteroatoms. The third-order valence-electron chi connectivity index (χ3n) is 3.21. The first kappa shape index (κ1) is 16.0. The number of pyridine rings is 1. The lowest BCUT2D eigenvalue weighted by molar-refractivity contribution is 0.208. The molecular formula is C16H28N2O. The summed E-state index contributed by atoms with van der Waals surface area (Å²) in [5.74, 6) is 0.922. The van der Waals surface area contributed by atoms with Crippen LogP contribution >= 0.6 is 0 Å². The standard InChI is InChI=1S/C16H28N2O/c1-6-8-12(3)17-11-14(5)19-16-10-9-13(4)18-15(16)7-2/h9-10,12,14,17H,6-8,11H2,1-5H3. The van der Waals surface area contributed by atoms with E-state index in [9.17, 15) is 0 Å². The molecule has 2 unspecified atom stereocenters. The lowest BCUT2D eigenvalue weighted by Crippen LogP contribution is -2.35. The molecule has 3 nitrogen and oxygen atoms in total. The molecule has 0 aliphatic rings. The lowest BCUT2D eigenvalue weighted by atomic mass is 10.2. The highest BCUT2D eigenvalue weighted by Crippen LogP contribution is 2.18. The molecule has 0 radical (unpaired) electrons. The van der Waals surface area contributed by atoms with E-state index in [1.54, 1.807) is 0 Å². The maximum atomic E-state index is 5.99. The van der Waals surface area contributed by atoms with Gasteiger partial charge in [0.05, 0.1) is 5.69 Å². The van der Waals surface area contributed by atoms with Crippen molar-refractivity contribution in [2.75, 3.05) is 6.54 Å². The van der Waals surface area contributed by atoms with Crippen LogP contribution in [0.25, 0.3) is 0 Å². The summed E-state index contributed by atoms with van der Waals surface area (Å²) < 4.78 is 5.99. The zero-order chi connectivity index (χ0) is 14.3. The van der Waals surface area contributed by atoms with Gasteiger partial charge in [-0.15, -0.1) is 0 Å². The number of ether oxygens (including phenoxy) is 1. The molecule has 1 rings (SSSR count). The van der Waals surface area contributed by atoms with Crippen molar-refractivity contribution in [3.63, 3.8) is 0 Å². The van der Waals surface area contributed by atoms with Crippen LogP contribution in [0.3, 0.4) is 0 Å². The zero-order valence-corrected chi connectivity index (χ0v) is 13.0. The van der Waals surface area contributed by atoms with Crippen molar-refractivity contribution in [3.05, 3.63) is 23.5 Å². The van der Waals surface area contributed by atoms with Crippen LogP contribution in [-0.2, 0) is 6.42 Å². The quantitative estimate of drug-likeness (QED) is 0.780. The average Bonchev–Trinajstić information content (AvgIpc) is 2.39. The van der Waals surface area contributed by atoms with E-state index in [4.69, 9.17) is 4.74 Å². The maximum absolute atomic E-state index is 5.99. The number of hydrogen-bond donors (Lipinski definition) is 1. The SMILES string of the molecule is CCCC(C)NCC(C)Oc1ccc(C)nc1CC. The molecule has 2 atom stereocenters. The van der Waals surface area contributed by atoms with Gasteiger partial charge in [-0.05, 0) is 45.7 Å². The van der Waals surface area contributed by atoms with Crippen LogP contribution in [0.15, 0.2) is 12.1 Å². The largest absolute Gasteiger partial charge is 0.487 e. The Kier molecular flexibility index (Phi) is 6.85. The van der Waals surface area contributed by atoms with Gasteiger partial charge in [-0.1, -0.05) is 20.3 Å². The van der Waals surface area contributed by atoms with Crippen molar-refractivity contribution in [2.24, 2.45) is 0 Å². The average molecular weight is 264 g/mol. The predicted molar refractivity (Wildman–Crippen MR) is 80.8 cm³/mol. The Balaban J connectivity index is 2.50. The number of nitrogens with zero attached hydrogens (tertiary/aromatic N) is 1. The van der Waals surface area contributed by atoms with Crippen molar-refractivity contribution in [3.8, 4) is 5.75 Å². The van der Waals surface area contributed by atoms with Crippen LogP contribution in [0.1, 0.15) is 51.9 Å². The molecule has 1 aromatic heterocycles. The van der Waals surface area contributed by atoms with Crippen LogP contribution in [0.2, 0.25) is 0 Å². The summed E-state index contributed by atoms with van der Waals surface area (Å²) in [6, 6.07) is 4.60. The number of hydrogen-bond acceptors (Lipinski definition) is 3. The Morgan fingerprint density at radius 2 is 2.00 bits per heavy atom. The van der Waals surface area contributed by atoms with Gasteiger partial charge < -0.3 is 10.1 Å². The molecule has 0 bridgehead atoms. The molecule has 0 amide bonds. The molecule has 108 valence electrons. The molecular weight excluding hydrogens is 236 g/mol. The minimum atomic E-state index is 0.161. The van der Waals surface area contributed by atoms with Crippen molar-refractivity contribution in [1.82, 2.24) is 10.3 Å². The molecule has 0 saturated carbocycles. The second-order valence-corrected chi connectivity index (χ2v) is 5.28. The van der Waals surface area contributed by atoms with Gasteiger partial charge in [-0.3, -0.25) is 4.98 Å². The number of aromatic nitrogens is 1. The van der Waals surface area contributed by atoms with E-state index >= 15 is 0 Å². The summed E-state index contributed by atoms with van der Waals surface area (Å²) in [5, 5.41) is 3.51. The van der Waals surface area contributed by atoms with Gasteiger partial charge in [-0.2, -0.15) is 0 Å². The van der Waals surface area contributed by atoms with Crippen molar-refractivity contribution in [1.29, 1.82) is 0 Å². The molecule has 0 saturated heterocycles. The van der Waals surface area contributed by atoms with Gasteiger partial charge in [0.1, 0.15) is 11.9 Å². The Labute approximate surface area is 117 Å². The van der Waals surface area contributed by atoms with E-state index in [0.29, 0.717) is 6.04 Å². The maximum Gasteiger partial charge on any atom is 0.141 e. The smallest absolute Gasteiger partial charge is 0.141 e. The third-order valence-corrected chi connectivity index (χ3v) is 3.21. The summed E-state index contributed by atoms with van der Waals surface area (Å²) in [7, 11) is 0. The lowest BCUT2D eigenvalue weighted by Gasteiger charge is -2.20. The van der Waals surface area contributed by atoms with Gasteiger partial charge in [0, 0.05) is 18.3 Å². The van der Waals surface area contributed by atoms with Crippen LogP contribution < -0.4 is 10.1 Å². The third kappa shape index (κ3) is 5.60. The highest BCUT2D eigenvalue weighted by molar-refractivity contribution is 5.29. The minimum Gasteiger partial charge on any atom is -0.487 e. The van der Waals surface area contributed by atoms with Crippen LogP contribution in [0, 0.1) is 6.92 Å². The van der Waals surface area contributed by atoms with Gasteiger partial charge in [-0.25, -0.2) is 0 Å². The molecule has 0 aromatic carbocycles. The van der Waals surface area contributed by atoms with E-state index in [0.717, 1.165) is 30.1 Å². The molecule has 1 heterocycles. The number of rotatable bonds is 8. The zero-order valence-electron chi connectivity index (χ0n) is 13.0. The Morgan fingerprint density at radius 1 is 1.26 bits per heavy atom. The fourth-order valence-corrected chi connectivity index (χ4v) is 2.12. The molecule has 1 aromatic rings. The molecule has 1 N–H and O–H groups in total. The van der Waals surface area contributed by atoms with Crippen LogP contribution in [0.5, 0.6) is 5.75 Å². The van der Waals surface area contributed by atoms with Crippen molar-refractivity contribution >= 4 is 0 Å². The number of aryl methyl sites for hydroxylation is 2. The monoisotopic (exact) mass is 264 g/mol. The second-order valence-electron chi connectivity index (χ2n) is 5.28. The highest BCUT2D eigenvalue weighted by Gasteiger charge is 2.10. The van der Waals surface area contributed by atoms with Gasteiger partial charge in [0.2, 0.25) is 0 Å². The van der Waals surface area contributed by atoms with Crippen LogP contribution in [-0.4, -0.2) is 23.7 Å². The molecule has 0 aliphatic carbocycles. The molecule has 0 aliphatic heterocycles. The topological polar surface area (TPSA) is 34.1 Å². The van der Waals surface area contributed by atoms with E-state index in [2.05, 4.69) is 38.0 Å². The first-order valence-electron chi connectivity index (χ1n) is 7.43. The Morgan fingerprint density at radius 3 is 2.63 bits per heavy atom. The summed E-state index contributed by atoms with van der Waals surface area (Å²) in [5.41, 5.74) is 2.10. The summed E-state index contributed by atoms with van der Waals surface area (Å²) >= 11 is 0. The minimum absolute atomic E-state index is 0.161. The van der Waals surface area contributed by atoms with Gasteiger partial charge in [0.15, 0.2) is 0 Å². The normalized spacial score (nSPS) is 14.2. The van der Waals surface area contributed by atoms with Gasteiger partial charge >= 0.3 is 0 Å². The second kappa shape index (κ2) is 8.16. The Bertz CT molecular complexity index is 379. The first-order chi connectivity index (χ1) is 9.06. The summed E-state index contributed by atoms with van der Waals surface area (Å²) in [6.07, 6.45) is 3.49. The fraction of sp³-hybridized carbons (Fsp3) is 0.688. The highest BCUT2D eigenvalue weighted by atomic mass is 16.5. The Hall–Kier alpha value is -1.09. The van der Waals surface area contributed by atoms with Crippen molar-refractivity contribution in [2.45, 2.75) is 66.0 Å². The van der Waals surface area contributed by atoms with Gasteiger partial charge in [0.25, 0.3) is 0 Å². The molecule has 19 heavy (non-hydrogen) atoms. The van der Waals surface area contributed by atoms with E-state index in [-0.39, 0.29) is 6.10 Å². The molecule has 0 spiro atoms. The van der Waals surface area contributed by atoms with E-state index in [1.807, 2.05) is 19.1 Å². The van der Waals surface area contributed by atoms with Crippen molar-refractivity contribution < 1.29 is 4.74 Å².